The minimum absolute atomic E-state index is 0.00557. The van der Waals surface area contributed by atoms with Gasteiger partial charge in [0.05, 0.1) is 17.7 Å². The van der Waals surface area contributed by atoms with Crippen LogP contribution in [-0.4, -0.2) is 26.4 Å². The number of benzene rings is 3. The van der Waals surface area contributed by atoms with Crippen LogP contribution in [0.3, 0.4) is 0 Å². The molecule has 3 aromatic carbocycles. The molecule has 0 aliphatic rings. The quantitative estimate of drug-likeness (QED) is 0.223. The minimum atomic E-state index is -4.76. The molecule has 0 saturated carbocycles. The summed E-state index contributed by atoms with van der Waals surface area (Å²) in [6, 6.07) is 20.7. The third-order valence-electron chi connectivity index (χ3n) is 5.77. The molecule has 1 atom stereocenters. The topological polar surface area (TPSA) is 128 Å². The Balaban J connectivity index is 1.50. The lowest BCUT2D eigenvalue weighted by molar-refractivity contribution is -0.139. The molecule has 0 unspecified atom stereocenters. The van der Waals surface area contributed by atoms with Gasteiger partial charge in [-0.15, -0.1) is 0 Å². The maximum atomic E-state index is 13.9. The van der Waals surface area contributed by atoms with Gasteiger partial charge in [0.15, 0.2) is 0 Å². The summed E-state index contributed by atoms with van der Waals surface area (Å²) < 4.78 is 62.7. The molecule has 0 radical (unpaired) electrons. The first-order chi connectivity index (χ1) is 18.3. The predicted molar refractivity (Wildman–Crippen MR) is 138 cm³/mol. The van der Waals surface area contributed by atoms with Gasteiger partial charge in [0, 0.05) is 18.0 Å². The van der Waals surface area contributed by atoms with Crippen molar-refractivity contribution in [3.05, 3.63) is 102 Å². The van der Waals surface area contributed by atoms with E-state index in [4.69, 9.17) is 20.3 Å². The summed E-state index contributed by atoms with van der Waals surface area (Å²) in [5, 5.41) is 0. The number of nitrogens with two attached hydrogens (primary N) is 1. The van der Waals surface area contributed by atoms with Gasteiger partial charge in [-0.2, -0.15) is 13.2 Å². The van der Waals surface area contributed by atoms with Crippen molar-refractivity contribution >= 4 is 7.82 Å². The zero-order valence-electron chi connectivity index (χ0n) is 20.7. The maximum Gasteiger partial charge on any atom is 0.469 e. The molecule has 1 aromatic heterocycles. The number of alkyl halides is 3. The molecule has 12 heteroatoms. The lowest BCUT2D eigenvalue weighted by Crippen LogP contribution is -2.39. The Morgan fingerprint density at radius 2 is 1.46 bits per heavy atom. The van der Waals surface area contributed by atoms with E-state index in [0.29, 0.717) is 5.56 Å². The summed E-state index contributed by atoms with van der Waals surface area (Å²) in [6.07, 6.45) is -2.14. The van der Waals surface area contributed by atoms with E-state index in [0.717, 1.165) is 17.2 Å². The molecule has 0 bridgehead atoms. The second-order valence-electron chi connectivity index (χ2n) is 9.04. The van der Waals surface area contributed by atoms with Crippen LogP contribution in [0.4, 0.5) is 13.2 Å². The van der Waals surface area contributed by atoms with E-state index < -0.39 is 31.7 Å². The number of phosphoric ester groups is 1. The third kappa shape index (κ3) is 7.50. The van der Waals surface area contributed by atoms with Crippen LogP contribution in [0.25, 0.3) is 22.3 Å². The first kappa shape index (κ1) is 28.4. The Morgan fingerprint density at radius 3 is 2.05 bits per heavy atom. The zero-order valence-corrected chi connectivity index (χ0v) is 21.6. The molecule has 0 aliphatic carbocycles. The molecule has 39 heavy (non-hydrogen) atoms. The van der Waals surface area contributed by atoms with Gasteiger partial charge in [-0.05, 0) is 41.3 Å². The summed E-state index contributed by atoms with van der Waals surface area (Å²) in [4.78, 5) is 25.9. The van der Waals surface area contributed by atoms with E-state index in [2.05, 4.69) is 14.5 Å². The number of hydrogen-bond donors (Lipinski definition) is 3. The molecule has 0 fully saturated rings. The van der Waals surface area contributed by atoms with Gasteiger partial charge in [0.25, 0.3) is 0 Å². The predicted octanol–water partition coefficient (Wildman–Crippen LogP) is 5.69. The maximum absolute atomic E-state index is 13.9. The van der Waals surface area contributed by atoms with Crippen molar-refractivity contribution in [3.63, 3.8) is 0 Å². The van der Waals surface area contributed by atoms with Crippen LogP contribution in [0.2, 0.25) is 0 Å². The first-order valence-corrected chi connectivity index (χ1v) is 13.2. The SMILES string of the molecule is C[C@](N)(COP(=O)(O)O)c1ncc(-c2ccc(OCc3ccc(-c4ccccc4)cc3)c(C(F)(F)F)c2)cn1. The van der Waals surface area contributed by atoms with E-state index in [-0.39, 0.29) is 29.3 Å². The molecule has 0 amide bonds. The monoisotopic (exact) mass is 559 g/mol. The van der Waals surface area contributed by atoms with Crippen LogP contribution in [0, 0.1) is 0 Å². The molecule has 8 nitrogen and oxygen atoms in total. The summed E-state index contributed by atoms with van der Waals surface area (Å²) >= 11 is 0. The number of hydrogen-bond acceptors (Lipinski definition) is 6. The van der Waals surface area contributed by atoms with E-state index in [9.17, 15) is 17.7 Å². The summed E-state index contributed by atoms with van der Waals surface area (Å²) in [5.41, 5.74) is 6.79. The molecule has 4 N–H and O–H groups in total. The van der Waals surface area contributed by atoms with E-state index in [1.807, 2.05) is 42.5 Å². The Labute approximate surface area is 222 Å². The van der Waals surface area contributed by atoms with Crippen molar-refractivity contribution < 1.29 is 36.8 Å². The number of rotatable bonds is 9. The normalized spacial score (nSPS) is 13.6. The molecule has 4 rings (SSSR count). The fraction of sp³-hybridized carbons (Fsp3) is 0.185. The van der Waals surface area contributed by atoms with Gasteiger partial charge < -0.3 is 20.3 Å². The minimum Gasteiger partial charge on any atom is -0.488 e. The van der Waals surface area contributed by atoms with Crippen LogP contribution < -0.4 is 10.5 Å². The number of phosphoric acid groups is 1. The van der Waals surface area contributed by atoms with Crippen LogP contribution in [0.5, 0.6) is 5.75 Å². The standard InChI is InChI=1S/C27H25F3N3O5P/c1-26(31,17-38-39(34,35)36)25-32-14-22(15-33-25)21-11-12-24(23(13-21)27(28,29)30)37-16-18-7-9-20(10-8-18)19-5-3-2-4-6-19/h2-15H,16-17,31H2,1H3,(H2,34,35,36)/t26-/m0/s1. The van der Waals surface area contributed by atoms with Crippen molar-refractivity contribution in [2.24, 2.45) is 5.73 Å². The van der Waals surface area contributed by atoms with Crippen LogP contribution in [0.1, 0.15) is 23.9 Å². The Morgan fingerprint density at radius 1 is 0.872 bits per heavy atom. The largest absolute Gasteiger partial charge is 0.488 e. The Bertz CT molecular complexity index is 1460. The van der Waals surface area contributed by atoms with Gasteiger partial charge >= 0.3 is 14.0 Å². The zero-order chi connectivity index (χ0) is 28.3. The van der Waals surface area contributed by atoms with Gasteiger partial charge in [0.1, 0.15) is 18.2 Å². The number of ether oxygens (including phenoxy) is 1. The molecule has 1 heterocycles. The van der Waals surface area contributed by atoms with Gasteiger partial charge in [-0.3, -0.25) is 4.52 Å². The lowest BCUT2D eigenvalue weighted by atomic mass is 10.0. The fourth-order valence-electron chi connectivity index (χ4n) is 3.70. The van der Waals surface area contributed by atoms with Gasteiger partial charge in [-0.1, -0.05) is 60.7 Å². The van der Waals surface area contributed by atoms with Crippen LogP contribution >= 0.6 is 7.82 Å². The molecular weight excluding hydrogens is 534 g/mol. The molecule has 4 aromatic rings. The molecular formula is C27H25F3N3O5P. The fourth-order valence-corrected chi connectivity index (χ4v) is 4.13. The highest BCUT2D eigenvalue weighted by Crippen LogP contribution is 2.40. The summed E-state index contributed by atoms with van der Waals surface area (Å²) in [6.45, 7) is 0.775. The number of aromatic nitrogens is 2. The smallest absolute Gasteiger partial charge is 0.469 e. The highest BCUT2D eigenvalue weighted by atomic mass is 31.2. The second-order valence-corrected chi connectivity index (χ2v) is 10.3. The second kappa shape index (κ2) is 11.3. The molecule has 0 spiro atoms. The average Bonchev–Trinajstić information content (AvgIpc) is 2.91. The van der Waals surface area contributed by atoms with Gasteiger partial charge in [0.2, 0.25) is 0 Å². The van der Waals surface area contributed by atoms with E-state index in [1.54, 1.807) is 12.1 Å². The van der Waals surface area contributed by atoms with E-state index >= 15 is 0 Å². The molecule has 0 aliphatic heterocycles. The van der Waals surface area contributed by atoms with Crippen molar-refractivity contribution in [3.8, 4) is 28.0 Å². The van der Waals surface area contributed by atoms with Crippen molar-refractivity contribution in [1.29, 1.82) is 0 Å². The summed E-state index contributed by atoms with van der Waals surface area (Å²) in [7, 11) is -4.76. The van der Waals surface area contributed by atoms with Crippen LogP contribution in [0.15, 0.2) is 85.2 Å². The first-order valence-electron chi connectivity index (χ1n) is 11.6. The average molecular weight is 559 g/mol. The molecule has 0 saturated heterocycles. The highest BCUT2D eigenvalue weighted by molar-refractivity contribution is 7.46. The van der Waals surface area contributed by atoms with E-state index in [1.165, 1.54) is 31.5 Å². The number of halogens is 3. The lowest BCUT2D eigenvalue weighted by Gasteiger charge is -2.22. The highest BCUT2D eigenvalue weighted by Gasteiger charge is 2.35. The van der Waals surface area contributed by atoms with Gasteiger partial charge in [-0.25, -0.2) is 14.5 Å². The third-order valence-corrected chi connectivity index (χ3v) is 6.23. The molecule has 204 valence electrons. The van der Waals surface area contributed by atoms with Crippen molar-refractivity contribution in [2.45, 2.75) is 25.2 Å². The van der Waals surface area contributed by atoms with Crippen molar-refractivity contribution in [1.82, 2.24) is 9.97 Å². The number of nitrogens with zero attached hydrogens (tertiary/aromatic N) is 2. The Kier molecular flexibility index (Phi) is 8.20. The summed E-state index contributed by atoms with van der Waals surface area (Å²) in [5.74, 6) is -0.325. The Hall–Kier alpha value is -3.60. The van der Waals surface area contributed by atoms with Crippen LogP contribution in [-0.2, 0) is 27.4 Å². The van der Waals surface area contributed by atoms with Crippen molar-refractivity contribution in [2.75, 3.05) is 6.61 Å².